The van der Waals surface area contributed by atoms with Crippen LogP contribution >= 0.6 is 0 Å². The van der Waals surface area contributed by atoms with E-state index < -0.39 is 12.2 Å². The van der Waals surface area contributed by atoms with Gasteiger partial charge in [0, 0.05) is 18.3 Å². The summed E-state index contributed by atoms with van der Waals surface area (Å²) in [5, 5.41) is 5.91. The van der Waals surface area contributed by atoms with E-state index in [2.05, 4.69) is 20.6 Å². The number of rotatable bonds is 5. The minimum absolute atomic E-state index is 0.108. The molecule has 0 saturated carbocycles. The Kier molecular flexibility index (Phi) is 5.17. The van der Waals surface area contributed by atoms with E-state index in [-0.39, 0.29) is 18.2 Å². The van der Waals surface area contributed by atoms with Crippen molar-refractivity contribution in [3.8, 4) is 11.3 Å². The SMILES string of the molecule is CCNC(=O)O[C@H]1CO[C@@H]2[C@@H]1OC[C@@H]2Nc1nccc(-c2ccccc2)n1. The molecule has 0 unspecified atom stereocenters. The van der Waals surface area contributed by atoms with E-state index >= 15 is 0 Å². The average Bonchev–Trinajstić information content (AvgIpc) is 3.27. The standard InChI is InChI=1S/C19H22N4O4/c1-2-20-19(24)27-15-11-26-16-14(10-25-17(15)16)23-18-21-9-8-13(22-18)12-6-4-3-5-7-12/h3-9,14-17H,2,10-11H2,1H3,(H,20,24)(H,21,22,23)/t14-,15-,16-,17+/m0/s1. The van der Waals surface area contributed by atoms with E-state index in [0.29, 0.717) is 25.7 Å². The summed E-state index contributed by atoms with van der Waals surface area (Å²) in [7, 11) is 0. The van der Waals surface area contributed by atoms with Gasteiger partial charge in [0.2, 0.25) is 5.95 Å². The molecule has 1 amide bonds. The molecule has 4 atom stereocenters. The minimum atomic E-state index is -0.453. The molecule has 2 saturated heterocycles. The number of fused-ring (bicyclic) bond motifs is 1. The van der Waals surface area contributed by atoms with Crippen LogP contribution in [-0.2, 0) is 14.2 Å². The summed E-state index contributed by atoms with van der Waals surface area (Å²) < 4.78 is 17.0. The van der Waals surface area contributed by atoms with E-state index in [9.17, 15) is 4.79 Å². The Bertz CT molecular complexity index is 788. The normalized spacial score (nSPS) is 26.4. The van der Waals surface area contributed by atoms with Crippen molar-refractivity contribution in [2.45, 2.75) is 31.3 Å². The molecule has 0 aliphatic carbocycles. The van der Waals surface area contributed by atoms with Gasteiger partial charge >= 0.3 is 6.09 Å². The van der Waals surface area contributed by atoms with Gasteiger partial charge in [0.05, 0.1) is 24.9 Å². The molecule has 27 heavy (non-hydrogen) atoms. The highest BCUT2D eigenvalue weighted by atomic mass is 16.6. The maximum absolute atomic E-state index is 11.7. The van der Waals surface area contributed by atoms with Crippen molar-refractivity contribution in [1.82, 2.24) is 15.3 Å². The molecular weight excluding hydrogens is 348 g/mol. The molecule has 2 aliphatic heterocycles. The number of amides is 1. The van der Waals surface area contributed by atoms with Gasteiger partial charge in [-0.3, -0.25) is 0 Å². The van der Waals surface area contributed by atoms with Gasteiger partial charge in [-0.05, 0) is 13.0 Å². The molecule has 4 rings (SSSR count). The van der Waals surface area contributed by atoms with Crippen LogP contribution in [0.2, 0.25) is 0 Å². The predicted molar refractivity (Wildman–Crippen MR) is 98.3 cm³/mol. The number of nitrogens with one attached hydrogen (secondary N) is 2. The van der Waals surface area contributed by atoms with Crippen LogP contribution in [0.1, 0.15) is 6.92 Å². The van der Waals surface area contributed by atoms with Gasteiger partial charge in [-0.25, -0.2) is 14.8 Å². The molecule has 3 heterocycles. The quantitative estimate of drug-likeness (QED) is 0.829. The molecule has 142 valence electrons. The molecule has 0 radical (unpaired) electrons. The van der Waals surface area contributed by atoms with Crippen LogP contribution in [0.25, 0.3) is 11.3 Å². The first-order valence-electron chi connectivity index (χ1n) is 9.07. The molecular formula is C19H22N4O4. The van der Waals surface area contributed by atoms with Crippen molar-refractivity contribution in [2.75, 3.05) is 25.1 Å². The minimum Gasteiger partial charge on any atom is -0.441 e. The van der Waals surface area contributed by atoms with Crippen molar-refractivity contribution >= 4 is 12.0 Å². The Hall–Kier alpha value is -2.71. The van der Waals surface area contributed by atoms with Gasteiger partial charge in [0.25, 0.3) is 0 Å². The Morgan fingerprint density at radius 1 is 1.19 bits per heavy atom. The topological polar surface area (TPSA) is 94.6 Å². The molecule has 8 nitrogen and oxygen atoms in total. The van der Waals surface area contributed by atoms with Crippen LogP contribution in [0.5, 0.6) is 0 Å². The van der Waals surface area contributed by atoms with Gasteiger partial charge in [-0.15, -0.1) is 0 Å². The zero-order valence-corrected chi connectivity index (χ0v) is 15.0. The molecule has 2 aromatic rings. The molecule has 2 N–H and O–H groups in total. The van der Waals surface area contributed by atoms with Crippen LogP contribution in [0, 0.1) is 0 Å². The van der Waals surface area contributed by atoms with E-state index in [1.165, 1.54) is 0 Å². The van der Waals surface area contributed by atoms with Gasteiger partial charge in [-0.1, -0.05) is 30.3 Å². The predicted octanol–water partition coefficient (Wildman–Crippen LogP) is 1.84. The number of anilines is 1. The molecule has 0 spiro atoms. The third kappa shape index (κ3) is 3.86. The summed E-state index contributed by atoms with van der Waals surface area (Å²) in [6.07, 6.45) is 0.355. The summed E-state index contributed by atoms with van der Waals surface area (Å²) in [6.45, 7) is 3.10. The second-order valence-electron chi connectivity index (χ2n) is 6.45. The summed E-state index contributed by atoms with van der Waals surface area (Å²) in [5.41, 5.74) is 1.87. The van der Waals surface area contributed by atoms with Crippen LogP contribution in [0.15, 0.2) is 42.6 Å². The fourth-order valence-electron chi connectivity index (χ4n) is 3.38. The highest BCUT2D eigenvalue weighted by Gasteiger charge is 2.49. The largest absolute Gasteiger partial charge is 0.441 e. The van der Waals surface area contributed by atoms with Crippen molar-refractivity contribution in [1.29, 1.82) is 0 Å². The van der Waals surface area contributed by atoms with Crippen molar-refractivity contribution < 1.29 is 19.0 Å². The maximum Gasteiger partial charge on any atom is 0.407 e. The number of hydrogen-bond acceptors (Lipinski definition) is 7. The van der Waals surface area contributed by atoms with E-state index in [1.54, 1.807) is 6.20 Å². The number of ether oxygens (including phenoxy) is 3. The smallest absolute Gasteiger partial charge is 0.407 e. The molecule has 8 heteroatoms. The van der Waals surface area contributed by atoms with Crippen molar-refractivity contribution in [3.05, 3.63) is 42.6 Å². The molecule has 1 aromatic carbocycles. The van der Waals surface area contributed by atoms with Crippen LogP contribution in [-0.4, -0.2) is 60.2 Å². The average molecular weight is 370 g/mol. The summed E-state index contributed by atoms with van der Waals surface area (Å²) in [6, 6.07) is 11.7. The number of aromatic nitrogens is 2. The summed E-state index contributed by atoms with van der Waals surface area (Å²) in [5.74, 6) is 0.516. The highest BCUT2D eigenvalue weighted by Crippen LogP contribution is 2.30. The number of carbonyl (C=O) groups is 1. The van der Waals surface area contributed by atoms with Gasteiger partial charge < -0.3 is 24.8 Å². The number of alkyl carbamates (subject to hydrolysis) is 1. The van der Waals surface area contributed by atoms with E-state index in [1.807, 2.05) is 43.3 Å². The van der Waals surface area contributed by atoms with Gasteiger partial charge in [0.1, 0.15) is 12.2 Å². The number of hydrogen-bond donors (Lipinski definition) is 2. The molecule has 2 fully saturated rings. The summed E-state index contributed by atoms with van der Waals surface area (Å²) in [4.78, 5) is 20.5. The Labute approximate surface area is 157 Å². The van der Waals surface area contributed by atoms with Gasteiger partial charge in [0.15, 0.2) is 6.10 Å². The lowest BCUT2D eigenvalue weighted by Crippen LogP contribution is -2.39. The van der Waals surface area contributed by atoms with E-state index in [0.717, 1.165) is 11.3 Å². The third-order valence-corrected chi connectivity index (χ3v) is 4.63. The number of benzene rings is 1. The number of nitrogens with zero attached hydrogens (tertiary/aromatic N) is 2. The fraction of sp³-hybridized carbons (Fsp3) is 0.421. The van der Waals surface area contributed by atoms with Crippen LogP contribution in [0.4, 0.5) is 10.7 Å². The Balaban J connectivity index is 1.41. The first-order chi connectivity index (χ1) is 13.2. The fourth-order valence-corrected chi connectivity index (χ4v) is 3.38. The van der Waals surface area contributed by atoms with Crippen molar-refractivity contribution in [3.63, 3.8) is 0 Å². The summed E-state index contributed by atoms with van der Waals surface area (Å²) >= 11 is 0. The highest BCUT2D eigenvalue weighted by molar-refractivity contribution is 5.67. The third-order valence-electron chi connectivity index (χ3n) is 4.63. The van der Waals surface area contributed by atoms with Crippen LogP contribution < -0.4 is 10.6 Å². The Morgan fingerprint density at radius 2 is 2.00 bits per heavy atom. The number of carbonyl (C=O) groups excluding carboxylic acids is 1. The molecule has 2 aliphatic rings. The lowest BCUT2D eigenvalue weighted by Gasteiger charge is -2.18. The second-order valence-corrected chi connectivity index (χ2v) is 6.45. The monoisotopic (exact) mass is 370 g/mol. The maximum atomic E-state index is 11.7. The van der Waals surface area contributed by atoms with Gasteiger partial charge in [-0.2, -0.15) is 0 Å². The lowest BCUT2D eigenvalue weighted by atomic mass is 10.1. The first kappa shape index (κ1) is 17.7. The van der Waals surface area contributed by atoms with Crippen molar-refractivity contribution in [2.24, 2.45) is 0 Å². The van der Waals surface area contributed by atoms with Crippen LogP contribution in [0.3, 0.4) is 0 Å². The van der Waals surface area contributed by atoms with E-state index in [4.69, 9.17) is 14.2 Å². The zero-order chi connectivity index (χ0) is 18.6. The zero-order valence-electron chi connectivity index (χ0n) is 15.0. The molecule has 1 aromatic heterocycles. The molecule has 0 bridgehead atoms. The Morgan fingerprint density at radius 3 is 2.81 bits per heavy atom. The second kappa shape index (κ2) is 7.89. The lowest BCUT2D eigenvalue weighted by molar-refractivity contribution is 0.00462. The first-order valence-corrected chi connectivity index (χ1v) is 9.07.